The summed E-state index contributed by atoms with van der Waals surface area (Å²) in [5.41, 5.74) is 1.01. The van der Waals surface area contributed by atoms with Crippen LogP contribution in [0.1, 0.15) is 18.9 Å². The molecule has 1 aliphatic rings. The Balaban J connectivity index is 1.52. The molecule has 7 heteroatoms. The molecule has 1 amide bonds. The number of benzene rings is 1. The number of hydrogen-bond donors (Lipinski definition) is 1. The first-order chi connectivity index (χ1) is 12.1. The van der Waals surface area contributed by atoms with Crippen LogP contribution in [-0.4, -0.2) is 67.3 Å². The van der Waals surface area contributed by atoms with Gasteiger partial charge < -0.3 is 15.1 Å². The second kappa shape index (κ2) is 11.3. The van der Waals surface area contributed by atoms with E-state index < -0.39 is 0 Å². The molecule has 1 aromatic carbocycles. The van der Waals surface area contributed by atoms with Crippen LogP contribution in [-0.2, 0) is 10.5 Å². The summed E-state index contributed by atoms with van der Waals surface area (Å²) in [6.07, 6.45) is 1.01. The van der Waals surface area contributed by atoms with Gasteiger partial charge in [0.25, 0.3) is 0 Å². The summed E-state index contributed by atoms with van der Waals surface area (Å²) in [6, 6.07) is 5.47. The quantitative estimate of drug-likeness (QED) is 0.641. The minimum atomic E-state index is 0.0888. The Kier molecular flexibility index (Phi) is 9.42. The molecule has 0 atom stereocenters. The summed E-state index contributed by atoms with van der Waals surface area (Å²) < 4.78 is 0. The van der Waals surface area contributed by atoms with Crippen molar-refractivity contribution in [3.63, 3.8) is 0 Å². The maximum atomic E-state index is 11.9. The van der Waals surface area contributed by atoms with Crippen molar-refractivity contribution >= 4 is 40.9 Å². The van der Waals surface area contributed by atoms with Gasteiger partial charge in [-0.1, -0.05) is 36.2 Å². The van der Waals surface area contributed by atoms with Crippen LogP contribution in [0.15, 0.2) is 18.2 Å². The number of likely N-dealkylation sites (N-methyl/N-ethyl adjacent to an activating group) is 1. The summed E-state index contributed by atoms with van der Waals surface area (Å²) in [4.78, 5) is 16.9. The molecule has 0 bridgehead atoms. The molecule has 0 aliphatic carbocycles. The van der Waals surface area contributed by atoms with Gasteiger partial charge in [-0.05, 0) is 37.2 Å². The summed E-state index contributed by atoms with van der Waals surface area (Å²) in [5, 5.41) is 4.29. The van der Waals surface area contributed by atoms with E-state index in [-0.39, 0.29) is 5.91 Å². The molecule has 25 heavy (non-hydrogen) atoms. The van der Waals surface area contributed by atoms with E-state index in [1.807, 2.05) is 12.1 Å². The molecule has 140 valence electrons. The lowest BCUT2D eigenvalue weighted by Crippen LogP contribution is -2.46. The van der Waals surface area contributed by atoms with Crippen LogP contribution in [0.2, 0.25) is 10.0 Å². The molecule has 1 aromatic rings. The van der Waals surface area contributed by atoms with Gasteiger partial charge in [-0.25, -0.2) is 0 Å². The lowest BCUT2D eigenvalue weighted by Gasteiger charge is -2.33. The van der Waals surface area contributed by atoms with Crippen molar-refractivity contribution in [2.24, 2.45) is 0 Å². The summed E-state index contributed by atoms with van der Waals surface area (Å²) in [7, 11) is 0. The number of rotatable bonds is 9. The Morgan fingerprint density at radius 3 is 2.60 bits per heavy atom. The third kappa shape index (κ3) is 7.75. The van der Waals surface area contributed by atoms with E-state index in [0.717, 1.165) is 57.8 Å². The summed E-state index contributed by atoms with van der Waals surface area (Å²) >= 11 is 13.6. The van der Waals surface area contributed by atoms with Crippen molar-refractivity contribution in [2.75, 3.05) is 51.6 Å². The van der Waals surface area contributed by atoms with Gasteiger partial charge in [0.2, 0.25) is 5.91 Å². The van der Waals surface area contributed by atoms with Gasteiger partial charge in [-0.3, -0.25) is 4.79 Å². The second-order valence-electron chi connectivity index (χ2n) is 6.21. The molecule has 1 fully saturated rings. The number of nitrogens with one attached hydrogen (secondary N) is 1. The van der Waals surface area contributed by atoms with Gasteiger partial charge in [0.1, 0.15) is 0 Å². The predicted octanol–water partition coefficient (Wildman–Crippen LogP) is 3.37. The number of amides is 1. The Bertz CT molecular complexity index is 551. The van der Waals surface area contributed by atoms with Gasteiger partial charge >= 0.3 is 0 Å². The normalized spacial score (nSPS) is 16.1. The van der Waals surface area contributed by atoms with Crippen LogP contribution in [0, 0.1) is 0 Å². The van der Waals surface area contributed by atoms with Gasteiger partial charge in [0, 0.05) is 48.5 Å². The Labute approximate surface area is 165 Å². The lowest BCUT2D eigenvalue weighted by atomic mass is 10.2. The van der Waals surface area contributed by atoms with Crippen LogP contribution in [0.5, 0.6) is 0 Å². The highest BCUT2D eigenvalue weighted by atomic mass is 35.5. The fourth-order valence-corrected chi connectivity index (χ4v) is 4.22. The fraction of sp³-hybridized carbons (Fsp3) is 0.611. The predicted molar refractivity (Wildman–Crippen MR) is 109 cm³/mol. The molecular formula is C18H27Cl2N3OS. The van der Waals surface area contributed by atoms with E-state index in [1.165, 1.54) is 0 Å². The van der Waals surface area contributed by atoms with Crippen LogP contribution in [0.4, 0.5) is 0 Å². The SMILES string of the molecule is CCN1CCN(CCCNC(=O)CSCc2ccc(Cl)cc2Cl)CC1. The molecule has 0 spiro atoms. The van der Waals surface area contributed by atoms with Gasteiger partial charge in [-0.15, -0.1) is 11.8 Å². The van der Waals surface area contributed by atoms with Crippen LogP contribution >= 0.6 is 35.0 Å². The van der Waals surface area contributed by atoms with Crippen LogP contribution < -0.4 is 5.32 Å². The van der Waals surface area contributed by atoms with Crippen molar-refractivity contribution < 1.29 is 4.79 Å². The van der Waals surface area contributed by atoms with Crippen molar-refractivity contribution in [1.29, 1.82) is 0 Å². The Hall–Kier alpha value is -0.460. The topological polar surface area (TPSA) is 35.6 Å². The molecule has 1 heterocycles. The van der Waals surface area contributed by atoms with E-state index in [0.29, 0.717) is 21.6 Å². The zero-order chi connectivity index (χ0) is 18.1. The number of carbonyl (C=O) groups is 1. The number of thioether (sulfide) groups is 1. The third-order valence-corrected chi connectivity index (χ3v) is 5.96. The minimum absolute atomic E-state index is 0.0888. The smallest absolute Gasteiger partial charge is 0.230 e. The van der Waals surface area contributed by atoms with Crippen LogP contribution in [0.3, 0.4) is 0 Å². The molecule has 2 rings (SSSR count). The largest absolute Gasteiger partial charge is 0.355 e. The summed E-state index contributed by atoms with van der Waals surface area (Å²) in [6.45, 7) is 9.76. The van der Waals surface area contributed by atoms with Crippen molar-refractivity contribution in [3.8, 4) is 0 Å². The molecule has 0 radical (unpaired) electrons. The zero-order valence-electron chi connectivity index (χ0n) is 14.8. The molecule has 1 saturated heterocycles. The average molecular weight is 404 g/mol. The average Bonchev–Trinajstić information content (AvgIpc) is 2.61. The molecule has 1 aliphatic heterocycles. The van der Waals surface area contributed by atoms with Gasteiger partial charge in [-0.2, -0.15) is 0 Å². The van der Waals surface area contributed by atoms with Crippen molar-refractivity contribution in [3.05, 3.63) is 33.8 Å². The number of halogens is 2. The molecule has 0 aromatic heterocycles. The first-order valence-electron chi connectivity index (χ1n) is 8.81. The number of carbonyl (C=O) groups excluding carboxylic acids is 1. The lowest BCUT2D eigenvalue weighted by molar-refractivity contribution is -0.118. The molecule has 1 N–H and O–H groups in total. The first kappa shape index (κ1) is 20.8. The minimum Gasteiger partial charge on any atom is -0.355 e. The first-order valence-corrected chi connectivity index (χ1v) is 10.7. The number of piperazine rings is 1. The van der Waals surface area contributed by atoms with Crippen molar-refractivity contribution in [2.45, 2.75) is 19.1 Å². The van der Waals surface area contributed by atoms with E-state index >= 15 is 0 Å². The monoisotopic (exact) mass is 403 g/mol. The maximum Gasteiger partial charge on any atom is 0.230 e. The molecule has 0 saturated carbocycles. The van der Waals surface area contributed by atoms with Gasteiger partial charge in [0.15, 0.2) is 0 Å². The maximum absolute atomic E-state index is 11.9. The van der Waals surface area contributed by atoms with E-state index in [2.05, 4.69) is 22.0 Å². The highest BCUT2D eigenvalue weighted by Crippen LogP contribution is 2.24. The fourth-order valence-electron chi connectivity index (χ4n) is 2.80. The standard InChI is InChI=1S/C18H27Cl2N3OS/c1-2-22-8-10-23(11-9-22)7-3-6-21-18(24)14-25-13-15-4-5-16(19)12-17(15)20/h4-5,12H,2-3,6-11,13-14H2,1H3,(H,21,24). The Morgan fingerprint density at radius 1 is 1.20 bits per heavy atom. The van der Waals surface area contributed by atoms with E-state index in [9.17, 15) is 4.79 Å². The van der Waals surface area contributed by atoms with Gasteiger partial charge in [0.05, 0.1) is 5.75 Å². The Morgan fingerprint density at radius 2 is 1.92 bits per heavy atom. The van der Waals surface area contributed by atoms with Crippen LogP contribution in [0.25, 0.3) is 0 Å². The molecule has 0 unspecified atom stereocenters. The second-order valence-corrected chi connectivity index (χ2v) is 8.04. The van der Waals surface area contributed by atoms with Crippen molar-refractivity contribution in [1.82, 2.24) is 15.1 Å². The highest BCUT2D eigenvalue weighted by Gasteiger charge is 2.14. The van der Waals surface area contributed by atoms with E-state index in [1.54, 1.807) is 17.8 Å². The number of nitrogens with zero attached hydrogens (tertiary/aromatic N) is 2. The third-order valence-electron chi connectivity index (χ3n) is 4.39. The van der Waals surface area contributed by atoms with E-state index in [4.69, 9.17) is 23.2 Å². The zero-order valence-corrected chi connectivity index (χ0v) is 17.1. The highest BCUT2D eigenvalue weighted by molar-refractivity contribution is 7.99. The number of hydrogen-bond acceptors (Lipinski definition) is 4. The molecule has 4 nitrogen and oxygen atoms in total. The molecular weight excluding hydrogens is 377 g/mol. The summed E-state index contributed by atoms with van der Waals surface area (Å²) in [5.74, 6) is 1.25.